The Hall–Kier alpha value is -1.40. The highest BCUT2D eigenvalue weighted by molar-refractivity contribution is 9.10. The standard InChI is InChI=1S/C12H9BrFNO2S/c13-10-7-4-8-11(14)12(10)15-18(16,17)9-5-2-1-3-6-9/h1-8,15H. The summed E-state index contributed by atoms with van der Waals surface area (Å²) in [4.78, 5) is 0.0835. The second kappa shape index (κ2) is 5.07. The topological polar surface area (TPSA) is 46.2 Å². The molecule has 0 radical (unpaired) electrons. The van der Waals surface area contributed by atoms with Gasteiger partial charge in [0.05, 0.1) is 10.6 Å². The van der Waals surface area contributed by atoms with E-state index in [2.05, 4.69) is 20.7 Å². The summed E-state index contributed by atoms with van der Waals surface area (Å²) in [6, 6.07) is 12.0. The number of hydrogen-bond acceptors (Lipinski definition) is 2. The van der Waals surface area contributed by atoms with E-state index < -0.39 is 15.8 Å². The van der Waals surface area contributed by atoms with Gasteiger partial charge in [-0.2, -0.15) is 0 Å². The number of rotatable bonds is 3. The molecule has 2 aromatic rings. The highest BCUT2D eigenvalue weighted by Crippen LogP contribution is 2.27. The first-order chi connectivity index (χ1) is 8.50. The van der Waals surface area contributed by atoms with Crippen LogP contribution >= 0.6 is 15.9 Å². The van der Waals surface area contributed by atoms with Crippen molar-refractivity contribution in [1.29, 1.82) is 0 Å². The van der Waals surface area contributed by atoms with Crippen molar-refractivity contribution >= 4 is 31.6 Å². The monoisotopic (exact) mass is 329 g/mol. The lowest BCUT2D eigenvalue weighted by atomic mass is 10.3. The Balaban J connectivity index is 2.41. The molecule has 0 saturated heterocycles. The first kappa shape index (κ1) is 13.0. The molecule has 94 valence electrons. The van der Waals surface area contributed by atoms with E-state index in [-0.39, 0.29) is 10.6 Å². The van der Waals surface area contributed by atoms with Gasteiger partial charge in [-0.1, -0.05) is 24.3 Å². The van der Waals surface area contributed by atoms with Crippen molar-refractivity contribution in [1.82, 2.24) is 0 Å². The lowest BCUT2D eigenvalue weighted by Gasteiger charge is -2.10. The molecule has 0 aromatic heterocycles. The van der Waals surface area contributed by atoms with E-state index in [0.717, 1.165) is 0 Å². The number of para-hydroxylation sites is 1. The van der Waals surface area contributed by atoms with Crippen LogP contribution in [0.1, 0.15) is 0 Å². The second-order valence-corrected chi connectivity index (χ2v) is 6.05. The van der Waals surface area contributed by atoms with Crippen molar-refractivity contribution < 1.29 is 12.8 Å². The molecule has 2 aromatic carbocycles. The van der Waals surface area contributed by atoms with Crippen LogP contribution in [0.25, 0.3) is 0 Å². The minimum absolute atomic E-state index is 0.0835. The van der Waals surface area contributed by atoms with Crippen LogP contribution in [0.3, 0.4) is 0 Å². The molecule has 0 aliphatic heterocycles. The van der Waals surface area contributed by atoms with Gasteiger partial charge < -0.3 is 0 Å². The van der Waals surface area contributed by atoms with E-state index in [1.54, 1.807) is 24.3 Å². The van der Waals surface area contributed by atoms with Crippen LogP contribution in [0.4, 0.5) is 10.1 Å². The SMILES string of the molecule is O=S(=O)(Nc1c(F)cccc1Br)c1ccccc1. The number of benzene rings is 2. The molecule has 0 aliphatic rings. The zero-order chi connectivity index (χ0) is 13.2. The van der Waals surface area contributed by atoms with Gasteiger partial charge >= 0.3 is 0 Å². The zero-order valence-corrected chi connectivity index (χ0v) is 11.5. The minimum atomic E-state index is -3.78. The Labute approximate surface area is 113 Å². The molecule has 0 amide bonds. The molecule has 2 rings (SSSR count). The van der Waals surface area contributed by atoms with Crippen molar-refractivity contribution in [2.75, 3.05) is 4.72 Å². The highest BCUT2D eigenvalue weighted by Gasteiger charge is 2.17. The summed E-state index contributed by atoms with van der Waals surface area (Å²) in [6.45, 7) is 0. The summed E-state index contributed by atoms with van der Waals surface area (Å²) < 4.78 is 40.1. The maximum absolute atomic E-state index is 13.5. The Morgan fingerprint density at radius 2 is 1.67 bits per heavy atom. The second-order valence-electron chi connectivity index (χ2n) is 3.52. The molecule has 0 bridgehead atoms. The third-order valence-electron chi connectivity index (χ3n) is 2.25. The first-order valence-electron chi connectivity index (χ1n) is 5.02. The summed E-state index contributed by atoms with van der Waals surface area (Å²) >= 11 is 3.11. The van der Waals surface area contributed by atoms with Crippen molar-refractivity contribution in [3.63, 3.8) is 0 Å². The average molecular weight is 330 g/mol. The third-order valence-corrected chi connectivity index (χ3v) is 4.28. The van der Waals surface area contributed by atoms with Crippen LogP contribution in [-0.4, -0.2) is 8.42 Å². The average Bonchev–Trinajstić information content (AvgIpc) is 2.35. The Bertz CT molecular complexity index is 639. The fourth-order valence-corrected chi connectivity index (χ4v) is 3.07. The number of nitrogens with one attached hydrogen (secondary N) is 1. The van der Waals surface area contributed by atoms with Gasteiger partial charge in [-0.15, -0.1) is 0 Å². The molecule has 0 aliphatic carbocycles. The normalized spacial score (nSPS) is 11.2. The van der Waals surface area contributed by atoms with E-state index in [0.29, 0.717) is 4.47 Å². The van der Waals surface area contributed by atoms with Crippen LogP contribution in [0, 0.1) is 5.82 Å². The predicted octanol–water partition coefficient (Wildman–Crippen LogP) is 3.39. The highest BCUT2D eigenvalue weighted by atomic mass is 79.9. The smallest absolute Gasteiger partial charge is 0.262 e. The summed E-state index contributed by atoms with van der Waals surface area (Å²) in [5.41, 5.74) is -0.0960. The van der Waals surface area contributed by atoms with E-state index in [1.165, 1.54) is 24.3 Å². The molecular formula is C12H9BrFNO2S. The van der Waals surface area contributed by atoms with Crippen molar-refractivity contribution in [2.24, 2.45) is 0 Å². The fourth-order valence-electron chi connectivity index (χ4n) is 1.39. The molecule has 3 nitrogen and oxygen atoms in total. The quantitative estimate of drug-likeness (QED) is 0.938. The molecule has 18 heavy (non-hydrogen) atoms. The molecular weight excluding hydrogens is 321 g/mol. The summed E-state index contributed by atoms with van der Waals surface area (Å²) in [6.07, 6.45) is 0. The van der Waals surface area contributed by atoms with Crippen molar-refractivity contribution in [3.8, 4) is 0 Å². The van der Waals surface area contributed by atoms with Gasteiger partial charge in [0.15, 0.2) is 0 Å². The van der Waals surface area contributed by atoms with Gasteiger partial charge in [0.25, 0.3) is 10.0 Å². The minimum Gasteiger partial charge on any atom is -0.275 e. The van der Waals surface area contributed by atoms with Crippen LogP contribution in [-0.2, 0) is 10.0 Å². The number of hydrogen-bond donors (Lipinski definition) is 1. The predicted molar refractivity (Wildman–Crippen MR) is 71.4 cm³/mol. The van der Waals surface area contributed by atoms with Crippen LogP contribution in [0.5, 0.6) is 0 Å². The lowest BCUT2D eigenvalue weighted by Crippen LogP contribution is -2.14. The Morgan fingerprint density at radius 1 is 1.00 bits per heavy atom. The van der Waals surface area contributed by atoms with Gasteiger partial charge in [-0.3, -0.25) is 4.72 Å². The van der Waals surface area contributed by atoms with Gasteiger partial charge in [-0.05, 0) is 40.2 Å². The molecule has 0 atom stereocenters. The Kier molecular flexibility index (Phi) is 3.68. The number of anilines is 1. The van der Waals surface area contributed by atoms with Gasteiger partial charge in [0, 0.05) is 4.47 Å². The van der Waals surface area contributed by atoms with Crippen molar-refractivity contribution in [2.45, 2.75) is 4.90 Å². The third kappa shape index (κ3) is 2.70. The van der Waals surface area contributed by atoms with Crippen molar-refractivity contribution in [3.05, 3.63) is 58.8 Å². The maximum atomic E-state index is 13.5. The van der Waals surface area contributed by atoms with E-state index in [9.17, 15) is 12.8 Å². The number of sulfonamides is 1. The van der Waals surface area contributed by atoms with Crippen LogP contribution in [0.15, 0.2) is 57.9 Å². The molecule has 1 N–H and O–H groups in total. The first-order valence-corrected chi connectivity index (χ1v) is 7.30. The molecule has 0 unspecified atom stereocenters. The van der Waals surface area contributed by atoms with Gasteiger partial charge in [0.1, 0.15) is 5.82 Å². The Morgan fingerprint density at radius 3 is 2.28 bits per heavy atom. The molecule has 0 spiro atoms. The van der Waals surface area contributed by atoms with E-state index in [1.807, 2.05) is 0 Å². The molecule has 0 heterocycles. The summed E-state index contributed by atoms with van der Waals surface area (Å²) in [5.74, 6) is -0.635. The largest absolute Gasteiger partial charge is 0.275 e. The van der Waals surface area contributed by atoms with E-state index in [4.69, 9.17) is 0 Å². The van der Waals surface area contributed by atoms with Gasteiger partial charge in [-0.25, -0.2) is 12.8 Å². The lowest BCUT2D eigenvalue weighted by molar-refractivity contribution is 0.598. The maximum Gasteiger partial charge on any atom is 0.262 e. The molecule has 0 fully saturated rings. The fraction of sp³-hybridized carbons (Fsp3) is 0. The summed E-state index contributed by atoms with van der Waals surface area (Å²) in [7, 11) is -3.78. The van der Waals surface area contributed by atoms with E-state index >= 15 is 0 Å². The summed E-state index contributed by atoms with van der Waals surface area (Å²) in [5, 5.41) is 0. The number of halogens is 2. The molecule has 0 saturated carbocycles. The molecule has 6 heteroatoms. The zero-order valence-electron chi connectivity index (χ0n) is 9.10. The van der Waals surface area contributed by atoms with Crippen LogP contribution in [0.2, 0.25) is 0 Å². The van der Waals surface area contributed by atoms with Crippen LogP contribution < -0.4 is 4.72 Å². The van der Waals surface area contributed by atoms with Gasteiger partial charge in [0.2, 0.25) is 0 Å².